The van der Waals surface area contributed by atoms with Crippen LogP contribution in [-0.2, 0) is 6.61 Å². The third kappa shape index (κ3) is 3.93. The largest absolute Gasteiger partial charge is 0.489 e. The first-order valence-electron chi connectivity index (χ1n) is 7.03. The predicted octanol–water partition coefficient (Wildman–Crippen LogP) is 4.76. The van der Waals surface area contributed by atoms with Crippen molar-refractivity contribution >= 4 is 23.2 Å². The molecule has 0 fully saturated rings. The molecule has 0 aliphatic rings. The van der Waals surface area contributed by atoms with Crippen molar-refractivity contribution < 1.29 is 13.9 Å². The number of carbonyl (C=O) groups excluding carboxylic acids is 1. The average Bonchev–Trinajstić information content (AvgIpc) is 3.09. The van der Waals surface area contributed by atoms with Gasteiger partial charge in [0.2, 0.25) is 0 Å². The maximum atomic E-state index is 11.9. The molecule has 0 spiro atoms. The van der Waals surface area contributed by atoms with E-state index in [1.165, 1.54) is 6.26 Å². The van der Waals surface area contributed by atoms with Gasteiger partial charge in [0.05, 0.1) is 6.26 Å². The van der Waals surface area contributed by atoms with Gasteiger partial charge in [-0.05, 0) is 30.3 Å². The summed E-state index contributed by atoms with van der Waals surface area (Å²) in [6, 6.07) is 17.9. The molecule has 0 saturated carbocycles. The summed E-state index contributed by atoms with van der Waals surface area (Å²) in [6.45, 7) is 0.356. The zero-order chi connectivity index (χ0) is 16.1. The third-order valence-corrected chi connectivity index (χ3v) is 3.56. The molecule has 1 heterocycles. The lowest BCUT2D eigenvalue weighted by Crippen LogP contribution is -2.10. The lowest BCUT2D eigenvalue weighted by Gasteiger charge is -2.09. The van der Waals surface area contributed by atoms with E-state index in [9.17, 15) is 4.79 Å². The van der Waals surface area contributed by atoms with Gasteiger partial charge >= 0.3 is 0 Å². The zero-order valence-corrected chi connectivity index (χ0v) is 12.9. The van der Waals surface area contributed by atoms with E-state index in [2.05, 4.69) is 5.32 Å². The number of hydrogen-bond donors (Lipinski definition) is 1. The molecule has 4 nitrogen and oxygen atoms in total. The van der Waals surface area contributed by atoms with Crippen molar-refractivity contribution in [2.75, 3.05) is 5.32 Å². The molecule has 0 atom stereocenters. The SMILES string of the molecule is O=C(Nc1cccc(OCc2ccccc2Cl)c1)c1ccco1. The van der Waals surface area contributed by atoms with Crippen LogP contribution in [0.2, 0.25) is 5.02 Å². The van der Waals surface area contributed by atoms with Crippen LogP contribution < -0.4 is 10.1 Å². The Morgan fingerprint density at radius 2 is 1.96 bits per heavy atom. The summed E-state index contributed by atoms with van der Waals surface area (Å²) < 4.78 is 10.8. The van der Waals surface area contributed by atoms with Gasteiger partial charge in [-0.25, -0.2) is 0 Å². The van der Waals surface area contributed by atoms with E-state index in [4.69, 9.17) is 20.8 Å². The standard InChI is InChI=1S/C18H14ClNO3/c19-16-8-2-1-5-13(16)12-23-15-7-3-6-14(11-15)20-18(21)17-9-4-10-22-17/h1-11H,12H2,(H,20,21). The Bertz CT molecular complexity index is 800. The van der Waals surface area contributed by atoms with Crippen molar-refractivity contribution in [3.8, 4) is 5.75 Å². The van der Waals surface area contributed by atoms with Crippen molar-refractivity contribution in [3.05, 3.63) is 83.3 Å². The Morgan fingerprint density at radius 3 is 2.74 bits per heavy atom. The molecule has 0 aliphatic heterocycles. The summed E-state index contributed by atoms with van der Waals surface area (Å²) in [4.78, 5) is 11.9. The summed E-state index contributed by atoms with van der Waals surface area (Å²) in [6.07, 6.45) is 1.46. The summed E-state index contributed by atoms with van der Waals surface area (Å²) in [5.41, 5.74) is 1.53. The van der Waals surface area contributed by atoms with Crippen LogP contribution in [0.4, 0.5) is 5.69 Å². The van der Waals surface area contributed by atoms with Gasteiger partial charge in [-0.2, -0.15) is 0 Å². The van der Waals surface area contributed by atoms with E-state index in [-0.39, 0.29) is 11.7 Å². The molecular weight excluding hydrogens is 314 g/mol. The van der Waals surface area contributed by atoms with Gasteiger partial charge in [0.1, 0.15) is 12.4 Å². The Hall–Kier alpha value is -2.72. The average molecular weight is 328 g/mol. The third-order valence-electron chi connectivity index (χ3n) is 3.19. The molecule has 3 aromatic rings. The fourth-order valence-corrected chi connectivity index (χ4v) is 2.23. The molecule has 1 N–H and O–H groups in total. The molecule has 0 radical (unpaired) electrons. The minimum atomic E-state index is -0.307. The molecule has 5 heteroatoms. The Kier molecular flexibility index (Phi) is 4.64. The summed E-state index contributed by atoms with van der Waals surface area (Å²) in [7, 11) is 0. The highest BCUT2D eigenvalue weighted by Gasteiger charge is 2.09. The van der Waals surface area contributed by atoms with Crippen LogP contribution in [0.5, 0.6) is 5.75 Å². The second-order valence-corrected chi connectivity index (χ2v) is 5.25. The van der Waals surface area contributed by atoms with Gasteiger partial charge < -0.3 is 14.5 Å². The summed E-state index contributed by atoms with van der Waals surface area (Å²) >= 11 is 6.10. The molecule has 0 aliphatic carbocycles. The number of nitrogens with one attached hydrogen (secondary N) is 1. The van der Waals surface area contributed by atoms with Crippen LogP contribution in [0.1, 0.15) is 16.1 Å². The number of rotatable bonds is 5. The molecule has 1 amide bonds. The maximum absolute atomic E-state index is 11.9. The van der Waals surface area contributed by atoms with Gasteiger partial charge in [-0.15, -0.1) is 0 Å². The fourth-order valence-electron chi connectivity index (χ4n) is 2.04. The second kappa shape index (κ2) is 7.03. The van der Waals surface area contributed by atoms with Crippen LogP contribution >= 0.6 is 11.6 Å². The Labute approximate surface area is 138 Å². The number of amides is 1. The quantitative estimate of drug-likeness (QED) is 0.734. The van der Waals surface area contributed by atoms with Gasteiger partial charge in [0.25, 0.3) is 5.91 Å². The Balaban J connectivity index is 1.65. The number of hydrogen-bond acceptors (Lipinski definition) is 3. The lowest BCUT2D eigenvalue weighted by molar-refractivity contribution is 0.0996. The van der Waals surface area contributed by atoms with Crippen molar-refractivity contribution in [2.24, 2.45) is 0 Å². The smallest absolute Gasteiger partial charge is 0.291 e. The second-order valence-electron chi connectivity index (χ2n) is 4.84. The number of carbonyl (C=O) groups is 1. The normalized spacial score (nSPS) is 10.3. The molecule has 0 saturated heterocycles. The number of anilines is 1. The van der Waals surface area contributed by atoms with Crippen molar-refractivity contribution in [3.63, 3.8) is 0 Å². The summed E-state index contributed by atoms with van der Waals surface area (Å²) in [5, 5.41) is 3.42. The van der Waals surface area contributed by atoms with Gasteiger partial charge in [-0.3, -0.25) is 4.79 Å². The minimum Gasteiger partial charge on any atom is -0.489 e. The zero-order valence-electron chi connectivity index (χ0n) is 12.2. The molecule has 116 valence electrons. The maximum Gasteiger partial charge on any atom is 0.291 e. The minimum absolute atomic E-state index is 0.257. The Morgan fingerprint density at radius 1 is 1.09 bits per heavy atom. The number of benzene rings is 2. The highest BCUT2D eigenvalue weighted by molar-refractivity contribution is 6.31. The fraction of sp³-hybridized carbons (Fsp3) is 0.0556. The molecule has 3 rings (SSSR count). The monoisotopic (exact) mass is 327 g/mol. The van der Waals surface area contributed by atoms with E-state index < -0.39 is 0 Å². The lowest BCUT2D eigenvalue weighted by atomic mass is 10.2. The molecule has 2 aromatic carbocycles. The molecule has 1 aromatic heterocycles. The van der Waals surface area contributed by atoms with E-state index >= 15 is 0 Å². The number of halogens is 1. The molecule has 23 heavy (non-hydrogen) atoms. The van der Waals surface area contributed by atoms with E-state index in [1.54, 1.807) is 30.3 Å². The molecular formula is C18H14ClNO3. The first-order chi connectivity index (χ1) is 11.2. The van der Waals surface area contributed by atoms with Crippen molar-refractivity contribution in [1.29, 1.82) is 0 Å². The van der Waals surface area contributed by atoms with E-state index in [0.29, 0.717) is 23.1 Å². The van der Waals surface area contributed by atoms with Crippen LogP contribution in [0.3, 0.4) is 0 Å². The highest BCUT2D eigenvalue weighted by Crippen LogP contribution is 2.21. The van der Waals surface area contributed by atoms with Gasteiger partial charge in [0, 0.05) is 22.3 Å². The summed E-state index contributed by atoms with van der Waals surface area (Å²) in [5.74, 6) is 0.591. The molecule has 0 unspecified atom stereocenters. The van der Waals surface area contributed by atoms with Gasteiger partial charge in [-0.1, -0.05) is 35.9 Å². The van der Waals surface area contributed by atoms with Crippen molar-refractivity contribution in [1.82, 2.24) is 0 Å². The van der Waals surface area contributed by atoms with Crippen LogP contribution in [0.15, 0.2) is 71.3 Å². The highest BCUT2D eigenvalue weighted by atomic mass is 35.5. The first-order valence-corrected chi connectivity index (χ1v) is 7.41. The van der Waals surface area contributed by atoms with Crippen molar-refractivity contribution in [2.45, 2.75) is 6.61 Å². The number of furan rings is 1. The number of ether oxygens (including phenoxy) is 1. The van der Waals surface area contributed by atoms with E-state index in [1.807, 2.05) is 30.3 Å². The predicted molar refractivity (Wildman–Crippen MR) is 88.9 cm³/mol. The topological polar surface area (TPSA) is 51.5 Å². The van der Waals surface area contributed by atoms with E-state index in [0.717, 1.165) is 5.56 Å². The van der Waals surface area contributed by atoms with Crippen LogP contribution in [-0.4, -0.2) is 5.91 Å². The van der Waals surface area contributed by atoms with Crippen LogP contribution in [0.25, 0.3) is 0 Å². The van der Waals surface area contributed by atoms with Crippen LogP contribution in [0, 0.1) is 0 Å². The van der Waals surface area contributed by atoms with Gasteiger partial charge in [0.15, 0.2) is 5.76 Å². The first kappa shape index (κ1) is 15.2. The molecule has 0 bridgehead atoms.